The van der Waals surface area contributed by atoms with Crippen molar-refractivity contribution in [2.24, 2.45) is 0 Å². The Morgan fingerprint density at radius 2 is 1.52 bits per heavy atom. The van der Waals surface area contributed by atoms with Crippen LogP contribution >= 0.6 is 0 Å². The molecule has 1 aliphatic rings. The molecule has 0 amide bonds. The van der Waals surface area contributed by atoms with Crippen molar-refractivity contribution in [1.29, 1.82) is 0 Å². The van der Waals surface area contributed by atoms with E-state index in [-0.39, 0.29) is 31.9 Å². The second-order valence-corrected chi connectivity index (χ2v) is 13.0. The maximum Gasteiger partial charge on any atom is 4.00 e. The van der Waals surface area contributed by atoms with Gasteiger partial charge in [-0.2, -0.15) is 36.5 Å². The summed E-state index contributed by atoms with van der Waals surface area (Å²) in [5.74, 6) is 2.65. The van der Waals surface area contributed by atoms with Gasteiger partial charge in [-0.3, -0.25) is 0 Å². The van der Waals surface area contributed by atoms with Crippen LogP contribution in [0.4, 0.5) is 17.3 Å². The van der Waals surface area contributed by atoms with Crippen LogP contribution in [0.3, 0.4) is 0 Å². The minimum absolute atomic E-state index is 0. The molecule has 2 aromatic heterocycles. The second kappa shape index (κ2) is 11.1. The van der Waals surface area contributed by atoms with Gasteiger partial charge in [-0.05, 0) is 22.3 Å². The first kappa shape index (κ1) is 29.9. The molecule has 0 fully saturated rings. The first-order valence-electron chi connectivity index (χ1n) is 14.5. The summed E-state index contributed by atoms with van der Waals surface area (Å²) in [5.41, 5.74) is 6.11. The first-order valence-corrected chi connectivity index (χ1v) is 14.5. The molecule has 0 atom stereocenters. The third-order valence-corrected chi connectivity index (χ3v) is 7.86. The SMILES string of the molecule is CC(C)(C)c1cc(Oc2[c-]c3c(cc2)c2ccccc2n3-c2[c-]ccc(C(C)(C)C)c2)[c-]c(N2[CH-]Nc3nccnc32)c1.[Pt+4]. The fourth-order valence-corrected chi connectivity index (χ4v) is 5.48. The molecule has 4 aromatic carbocycles. The standard InChI is InChI=1S/C37H33N5O.Pt/c1-36(2,3)24-10-9-11-26(18-24)42-32-13-8-7-12-30(32)31-15-14-28(22-33(31)42)43-29-20-25(37(4,5)6)19-27(21-29)41-23-40-34-35(41)39-17-16-38-34;/h7-10,12-20,23H,1-6H3,(H,38,40);/q-4;+4. The quantitative estimate of drug-likeness (QED) is 0.182. The summed E-state index contributed by atoms with van der Waals surface area (Å²) in [6.45, 7) is 15.1. The van der Waals surface area contributed by atoms with Gasteiger partial charge in [0.15, 0.2) is 0 Å². The van der Waals surface area contributed by atoms with E-state index in [1.165, 1.54) is 5.56 Å². The fourth-order valence-electron chi connectivity index (χ4n) is 5.48. The van der Waals surface area contributed by atoms with Gasteiger partial charge in [-0.15, -0.1) is 47.3 Å². The van der Waals surface area contributed by atoms with E-state index in [2.05, 4.69) is 134 Å². The molecule has 0 saturated carbocycles. The van der Waals surface area contributed by atoms with Crippen LogP contribution in [-0.4, -0.2) is 14.5 Å². The molecule has 7 rings (SSSR count). The van der Waals surface area contributed by atoms with Crippen LogP contribution in [0.15, 0.2) is 79.1 Å². The van der Waals surface area contributed by atoms with Crippen LogP contribution in [0.1, 0.15) is 52.7 Å². The number of anilines is 3. The maximum atomic E-state index is 6.54. The molecule has 0 radical (unpaired) electrons. The largest absolute Gasteiger partial charge is 4.00 e. The molecular formula is C37H33N5OPt. The van der Waals surface area contributed by atoms with E-state index in [4.69, 9.17) is 4.74 Å². The molecule has 3 heterocycles. The van der Waals surface area contributed by atoms with E-state index in [1.54, 1.807) is 12.4 Å². The number of fused-ring (bicyclic) bond motifs is 4. The topological polar surface area (TPSA) is 55.2 Å². The summed E-state index contributed by atoms with van der Waals surface area (Å²) in [5, 5.41) is 5.47. The zero-order valence-electron chi connectivity index (χ0n) is 25.6. The van der Waals surface area contributed by atoms with E-state index in [0.717, 1.165) is 44.6 Å². The molecule has 0 spiro atoms. The monoisotopic (exact) mass is 758 g/mol. The zero-order chi connectivity index (χ0) is 29.9. The van der Waals surface area contributed by atoms with Gasteiger partial charge >= 0.3 is 21.1 Å². The van der Waals surface area contributed by atoms with Gasteiger partial charge in [0, 0.05) is 29.4 Å². The number of ether oxygens (including phenoxy) is 1. The number of benzene rings is 4. The van der Waals surface area contributed by atoms with E-state index >= 15 is 0 Å². The van der Waals surface area contributed by atoms with Crippen LogP contribution in [0, 0.1) is 24.9 Å². The number of para-hydroxylation sites is 1. The number of aromatic nitrogens is 3. The predicted molar refractivity (Wildman–Crippen MR) is 173 cm³/mol. The van der Waals surface area contributed by atoms with Crippen molar-refractivity contribution in [3.05, 3.63) is 115 Å². The smallest absolute Gasteiger partial charge is 0.509 e. The average Bonchev–Trinajstić information content (AvgIpc) is 3.55. The van der Waals surface area contributed by atoms with Crippen molar-refractivity contribution >= 4 is 39.1 Å². The molecular weight excluding hydrogens is 726 g/mol. The summed E-state index contributed by atoms with van der Waals surface area (Å²) in [6.07, 6.45) is 3.37. The van der Waals surface area contributed by atoms with Crippen LogP contribution in [-0.2, 0) is 31.9 Å². The molecule has 0 bridgehead atoms. The van der Waals surface area contributed by atoms with Gasteiger partial charge in [0.05, 0.1) is 0 Å². The molecule has 0 unspecified atom stereocenters. The van der Waals surface area contributed by atoms with Gasteiger partial charge < -0.3 is 19.5 Å². The fraction of sp³-hybridized carbons (Fsp3) is 0.216. The summed E-state index contributed by atoms with van der Waals surface area (Å²) in [6, 6.07) is 33.6. The number of hydrogen-bond donors (Lipinski definition) is 1. The normalized spacial score (nSPS) is 13.1. The number of hydrogen-bond acceptors (Lipinski definition) is 5. The van der Waals surface area contributed by atoms with Crippen molar-refractivity contribution in [2.45, 2.75) is 52.4 Å². The maximum absolute atomic E-state index is 6.54. The molecule has 0 saturated heterocycles. The van der Waals surface area contributed by atoms with Crippen LogP contribution in [0.2, 0.25) is 0 Å². The first-order chi connectivity index (χ1) is 20.6. The van der Waals surface area contributed by atoms with Gasteiger partial charge in [-0.1, -0.05) is 76.6 Å². The molecule has 222 valence electrons. The van der Waals surface area contributed by atoms with Crippen molar-refractivity contribution in [3.63, 3.8) is 0 Å². The Morgan fingerprint density at radius 1 is 0.773 bits per heavy atom. The average molecular weight is 759 g/mol. The van der Waals surface area contributed by atoms with E-state index in [0.29, 0.717) is 17.3 Å². The Bertz CT molecular complexity index is 2000. The van der Waals surface area contributed by atoms with Gasteiger partial charge in [-0.25, -0.2) is 9.97 Å². The van der Waals surface area contributed by atoms with Crippen molar-refractivity contribution in [1.82, 2.24) is 14.5 Å². The molecule has 44 heavy (non-hydrogen) atoms. The van der Waals surface area contributed by atoms with Crippen molar-refractivity contribution in [3.8, 4) is 17.2 Å². The van der Waals surface area contributed by atoms with Gasteiger partial charge in [0.2, 0.25) is 0 Å². The van der Waals surface area contributed by atoms with Crippen LogP contribution < -0.4 is 15.0 Å². The van der Waals surface area contributed by atoms with E-state index in [9.17, 15) is 0 Å². The number of nitrogens with one attached hydrogen (secondary N) is 1. The third kappa shape index (κ3) is 5.37. The molecule has 6 nitrogen and oxygen atoms in total. The molecule has 7 heteroatoms. The van der Waals surface area contributed by atoms with Crippen LogP contribution in [0.25, 0.3) is 27.5 Å². The Balaban J connectivity index is 0.00000343. The van der Waals surface area contributed by atoms with Gasteiger partial charge in [0.25, 0.3) is 0 Å². The van der Waals surface area contributed by atoms with Crippen LogP contribution in [0.5, 0.6) is 11.5 Å². The molecule has 1 aliphatic heterocycles. The Labute approximate surface area is 273 Å². The summed E-state index contributed by atoms with van der Waals surface area (Å²) < 4.78 is 8.77. The van der Waals surface area contributed by atoms with E-state index in [1.807, 2.05) is 23.7 Å². The minimum Gasteiger partial charge on any atom is -0.509 e. The third-order valence-electron chi connectivity index (χ3n) is 7.86. The second-order valence-electron chi connectivity index (χ2n) is 13.0. The summed E-state index contributed by atoms with van der Waals surface area (Å²) in [7, 11) is 0. The van der Waals surface area contributed by atoms with E-state index < -0.39 is 0 Å². The Morgan fingerprint density at radius 3 is 2.32 bits per heavy atom. The summed E-state index contributed by atoms with van der Waals surface area (Å²) >= 11 is 0. The van der Waals surface area contributed by atoms with Crippen molar-refractivity contribution < 1.29 is 25.8 Å². The number of nitrogens with zero attached hydrogens (tertiary/aromatic N) is 4. The molecule has 1 N–H and O–H groups in total. The molecule has 0 aliphatic carbocycles. The number of rotatable bonds is 4. The molecule has 6 aromatic rings. The Hall–Kier alpha value is -4.15. The Kier molecular flexibility index (Phi) is 7.53. The summed E-state index contributed by atoms with van der Waals surface area (Å²) in [4.78, 5) is 10.9. The van der Waals surface area contributed by atoms with Gasteiger partial charge in [0.1, 0.15) is 11.6 Å². The minimum atomic E-state index is -0.117. The van der Waals surface area contributed by atoms with Crippen molar-refractivity contribution in [2.75, 3.05) is 10.2 Å². The zero-order valence-corrected chi connectivity index (χ0v) is 27.9. The predicted octanol–water partition coefficient (Wildman–Crippen LogP) is 9.04.